The molecule has 0 aromatic carbocycles. The Balaban J connectivity index is 3.60. The van der Waals surface area contributed by atoms with E-state index >= 15 is 0 Å². The van der Waals surface area contributed by atoms with E-state index in [0.717, 1.165) is 19.3 Å². The zero-order chi connectivity index (χ0) is 9.40. The van der Waals surface area contributed by atoms with Gasteiger partial charge in [0.15, 0.2) is 0 Å². The van der Waals surface area contributed by atoms with E-state index in [-0.39, 0.29) is 0 Å². The summed E-state index contributed by atoms with van der Waals surface area (Å²) in [6.07, 6.45) is 3.70. The van der Waals surface area contributed by atoms with Crippen molar-refractivity contribution in [2.45, 2.75) is 38.6 Å². The minimum Gasteiger partial charge on any atom is -0.468 e. The van der Waals surface area contributed by atoms with Gasteiger partial charge in [-0.3, -0.25) is 4.79 Å². The third-order valence-corrected chi connectivity index (χ3v) is 1.74. The van der Waals surface area contributed by atoms with Gasteiger partial charge in [-0.25, -0.2) is 0 Å². The zero-order valence-electron chi connectivity index (χ0n) is 7.67. The molecule has 0 aliphatic rings. The maximum atomic E-state index is 10.9. The predicted octanol–water partition coefficient (Wildman–Crippen LogP) is 1.09. The first kappa shape index (κ1) is 11.4. The highest BCUT2D eigenvalue weighted by atomic mass is 16.5. The SMILES string of the molecule is CCCCC[C@H](NO)C(=O)OC. The van der Waals surface area contributed by atoms with Crippen LogP contribution in [0.5, 0.6) is 0 Å². The highest BCUT2D eigenvalue weighted by molar-refractivity contribution is 5.75. The van der Waals surface area contributed by atoms with E-state index in [1.807, 2.05) is 5.48 Å². The van der Waals surface area contributed by atoms with Gasteiger partial charge >= 0.3 is 5.97 Å². The third kappa shape index (κ3) is 4.31. The van der Waals surface area contributed by atoms with Crippen molar-refractivity contribution in [1.82, 2.24) is 5.48 Å². The Hall–Kier alpha value is -0.610. The molecule has 0 aliphatic heterocycles. The molecule has 2 N–H and O–H groups in total. The van der Waals surface area contributed by atoms with E-state index in [2.05, 4.69) is 11.7 Å². The molecule has 1 atom stereocenters. The second-order valence-corrected chi connectivity index (χ2v) is 2.70. The summed E-state index contributed by atoms with van der Waals surface area (Å²) in [5, 5.41) is 8.58. The van der Waals surface area contributed by atoms with Crippen LogP contribution in [0.1, 0.15) is 32.6 Å². The number of esters is 1. The van der Waals surface area contributed by atoms with Crippen LogP contribution >= 0.6 is 0 Å². The van der Waals surface area contributed by atoms with E-state index in [1.165, 1.54) is 7.11 Å². The van der Waals surface area contributed by atoms with Crippen molar-refractivity contribution in [1.29, 1.82) is 0 Å². The summed E-state index contributed by atoms with van der Waals surface area (Å²) >= 11 is 0. The quantitative estimate of drug-likeness (QED) is 0.360. The average Bonchev–Trinajstić information content (AvgIpc) is 2.11. The monoisotopic (exact) mass is 175 g/mol. The summed E-state index contributed by atoms with van der Waals surface area (Å²) in [5.74, 6) is -0.409. The third-order valence-electron chi connectivity index (χ3n) is 1.74. The van der Waals surface area contributed by atoms with Gasteiger partial charge in [0.25, 0.3) is 0 Å². The van der Waals surface area contributed by atoms with Gasteiger partial charge in [0, 0.05) is 0 Å². The van der Waals surface area contributed by atoms with E-state index in [0.29, 0.717) is 6.42 Å². The van der Waals surface area contributed by atoms with Crippen LogP contribution in [0.4, 0.5) is 0 Å². The van der Waals surface area contributed by atoms with Crippen molar-refractivity contribution in [3.05, 3.63) is 0 Å². The predicted molar refractivity (Wildman–Crippen MR) is 44.9 cm³/mol. The lowest BCUT2D eigenvalue weighted by Gasteiger charge is -2.11. The summed E-state index contributed by atoms with van der Waals surface area (Å²) < 4.78 is 4.47. The van der Waals surface area contributed by atoms with Gasteiger partial charge in [0.1, 0.15) is 6.04 Å². The molecule has 12 heavy (non-hydrogen) atoms. The maximum absolute atomic E-state index is 10.9. The van der Waals surface area contributed by atoms with Crippen molar-refractivity contribution < 1.29 is 14.7 Å². The molecule has 0 aliphatic carbocycles. The molecule has 4 nitrogen and oxygen atoms in total. The van der Waals surface area contributed by atoms with Crippen molar-refractivity contribution in [3.8, 4) is 0 Å². The molecule has 0 unspecified atom stereocenters. The van der Waals surface area contributed by atoms with Gasteiger partial charge in [-0.1, -0.05) is 26.2 Å². The Labute approximate surface area is 72.9 Å². The highest BCUT2D eigenvalue weighted by Gasteiger charge is 2.16. The lowest BCUT2D eigenvalue weighted by atomic mass is 10.1. The molecular formula is C8H17NO3. The van der Waals surface area contributed by atoms with Crippen LogP contribution in [-0.4, -0.2) is 24.3 Å². The molecule has 0 radical (unpaired) electrons. The smallest absolute Gasteiger partial charge is 0.325 e. The number of methoxy groups -OCH3 is 1. The van der Waals surface area contributed by atoms with E-state index in [4.69, 9.17) is 5.21 Å². The van der Waals surface area contributed by atoms with Gasteiger partial charge in [0.05, 0.1) is 7.11 Å². The van der Waals surface area contributed by atoms with Crippen LogP contribution in [-0.2, 0) is 9.53 Å². The second-order valence-electron chi connectivity index (χ2n) is 2.70. The molecule has 0 heterocycles. The number of rotatable bonds is 6. The van der Waals surface area contributed by atoms with Gasteiger partial charge in [-0.05, 0) is 6.42 Å². The largest absolute Gasteiger partial charge is 0.468 e. The Kier molecular flexibility index (Phi) is 6.70. The fourth-order valence-corrected chi connectivity index (χ4v) is 0.976. The van der Waals surface area contributed by atoms with Crippen LogP contribution < -0.4 is 5.48 Å². The second kappa shape index (κ2) is 7.06. The van der Waals surface area contributed by atoms with E-state index < -0.39 is 12.0 Å². The van der Waals surface area contributed by atoms with Crippen molar-refractivity contribution in [2.75, 3.05) is 7.11 Å². The lowest BCUT2D eigenvalue weighted by Crippen LogP contribution is -2.35. The van der Waals surface area contributed by atoms with Crippen LogP contribution in [0.3, 0.4) is 0 Å². The molecule has 0 rings (SSSR count). The van der Waals surface area contributed by atoms with Crippen molar-refractivity contribution in [2.24, 2.45) is 0 Å². The number of hydrogen-bond donors (Lipinski definition) is 2. The fourth-order valence-electron chi connectivity index (χ4n) is 0.976. The van der Waals surface area contributed by atoms with Gasteiger partial charge < -0.3 is 9.94 Å². The summed E-state index contributed by atoms with van der Waals surface area (Å²) in [7, 11) is 1.31. The molecule has 0 bridgehead atoms. The summed E-state index contributed by atoms with van der Waals surface area (Å²) in [6, 6.07) is -0.568. The first-order chi connectivity index (χ1) is 5.76. The summed E-state index contributed by atoms with van der Waals surface area (Å²) in [6.45, 7) is 2.08. The number of nitrogens with one attached hydrogen (secondary N) is 1. The number of hydroxylamine groups is 1. The van der Waals surface area contributed by atoms with Crippen molar-refractivity contribution >= 4 is 5.97 Å². The molecular weight excluding hydrogens is 158 g/mol. The first-order valence-electron chi connectivity index (χ1n) is 4.23. The maximum Gasteiger partial charge on any atom is 0.325 e. The summed E-state index contributed by atoms with van der Waals surface area (Å²) in [4.78, 5) is 10.9. The lowest BCUT2D eigenvalue weighted by molar-refractivity contribution is -0.146. The Morgan fingerprint density at radius 1 is 1.58 bits per heavy atom. The van der Waals surface area contributed by atoms with Gasteiger partial charge in [-0.15, -0.1) is 0 Å². The molecule has 0 fully saturated rings. The molecule has 72 valence electrons. The van der Waals surface area contributed by atoms with Crippen LogP contribution in [0.25, 0.3) is 0 Å². The van der Waals surface area contributed by atoms with E-state index in [9.17, 15) is 4.79 Å². The summed E-state index contributed by atoms with van der Waals surface area (Å²) in [5.41, 5.74) is 1.94. The molecule has 0 aromatic rings. The van der Waals surface area contributed by atoms with Crippen LogP contribution in [0, 0.1) is 0 Å². The number of unbranched alkanes of at least 4 members (excludes halogenated alkanes) is 2. The standard InChI is InChI=1S/C8H17NO3/c1-3-4-5-6-7(9-11)8(10)12-2/h7,9,11H,3-6H2,1-2H3/t7-/m0/s1. The fraction of sp³-hybridized carbons (Fsp3) is 0.875. The number of carbonyl (C=O) groups excluding carboxylic acids is 1. The minimum absolute atomic E-state index is 0.409. The molecule has 0 saturated carbocycles. The molecule has 0 spiro atoms. The Bertz CT molecular complexity index is 127. The average molecular weight is 175 g/mol. The molecule has 4 heteroatoms. The van der Waals surface area contributed by atoms with E-state index in [1.54, 1.807) is 0 Å². The Morgan fingerprint density at radius 3 is 2.67 bits per heavy atom. The first-order valence-corrected chi connectivity index (χ1v) is 4.23. The van der Waals surface area contributed by atoms with Crippen molar-refractivity contribution in [3.63, 3.8) is 0 Å². The van der Waals surface area contributed by atoms with Crippen LogP contribution in [0.2, 0.25) is 0 Å². The molecule has 0 saturated heterocycles. The van der Waals surface area contributed by atoms with Gasteiger partial charge in [0.2, 0.25) is 0 Å². The minimum atomic E-state index is -0.568. The molecule has 0 amide bonds. The molecule has 0 aromatic heterocycles. The highest BCUT2D eigenvalue weighted by Crippen LogP contribution is 2.03. The van der Waals surface area contributed by atoms with Crippen LogP contribution in [0.15, 0.2) is 0 Å². The van der Waals surface area contributed by atoms with Gasteiger partial charge in [-0.2, -0.15) is 5.48 Å². The topological polar surface area (TPSA) is 58.6 Å². The number of ether oxygens (including phenoxy) is 1. The number of hydrogen-bond acceptors (Lipinski definition) is 4. The normalized spacial score (nSPS) is 12.6. The Morgan fingerprint density at radius 2 is 2.25 bits per heavy atom. The zero-order valence-corrected chi connectivity index (χ0v) is 7.67. The number of carbonyl (C=O) groups is 1.